The second-order valence-corrected chi connectivity index (χ2v) is 6.27. The summed E-state index contributed by atoms with van der Waals surface area (Å²) >= 11 is 4.73. The third-order valence-corrected chi connectivity index (χ3v) is 4.96. The Balaban J connectivity index is 2.26. The average molecular weight is 355 g/mol. The number of aromatic nitrogens is 1. The quantitative estimate of drug-likeness (QED) is 0.888. The van der Waals surface area contributed by atoms with Crippen molar-refractivity contribution < 1.29 is 4.79 Å². The minimum atomic E-state index is -0.251. The molecule has 0 bridgehead atoms. The van der Waals surface area contributed by atoms with Crippen LogP contribution in [0.25, 0.3) is 0 Å². The molecule has 0 unspecified atom stereocenters. The fourth-order valence-corrected chi connectivity index (χ4v) is 2.76. The molecule has 0 aliphatic carbocycles. The van der Waals surface area contributed by atoms with Gasteiger partial charge in [-0.2, -0.15) is 0 Å². The van der Waals surface area contributed by atoms with Crippen molar-refractivity contribution in [2.75, 3.05) is 30.0 Å². The van der Waals surface area contributed by atoms with Crippen LogP contribution in [0.4, 0.5) is 16.6 Å². The molecule has 1 aromatic heterocycles. The zero-order chi connectivity index (χ0) is 14.9. The molecule has 106 valence electrons. The van der Waals surface area contributed by atoms with Gasteiger partial charge in [-0.3, -0.25) is 4.79 Å². The summed E-state index contributed by atoms with van der Waals surface area (Å²) in [6.07, 6.45) is 0. The third kappa shape index (κ3) is 2.94. The monoisotopic (exact) mass is 354 g/mol. The number of anilines is 3. The van der Waals surface area contributed by atoms with Crippen LogP contribution in [0.15, 0.2) is 22.7 Å². The summed E-state index contributed by atoms with van der Waals surface area (Å²) < 4.78 is 0.865. The number of thiazole rings is 1. The maximum absolute atomic E-state index is 12.3. The topological polar surface area (TPSA) is 71.2 Å². The molecule has 20 heavy (non-hydrogen) atoms. The molecule has 1 heterocycles. The average Bonchev–Trinajstić information content (AvgIpc) is 2.77. The Morgan fingerprint density at radius 3 is 2.75 bits per heavy atom. The van der Waals surface area contributed by atoms with Crippen molar-refractivity contribution in [3.8, 4) is 0 Å². The van der Waals surface area contributed by atoms with E-state index in [1.165, 1.54) is 11.3 Å². The predicted octanol–water partition coefficient (Wildman–Crippen LogP) is 3.11. The van der Waals surface area contributed by atoms with Crippen molar-refractivity contribution >= 4 is 49.8 Å². The summed E-state index contributed by atoms with van der Waals surface area (Å²) in [6, 6.07) is 5.68. The lowest BCUT2D eigenvalue weighted by Gasteiger charge is -2.08. The summed E-state index contributed by atoms with van der Waals surface area (Å²) in [5, 5.41) is 3.55. The fraction of sp³-hybridized carbons (Fsp3) is 0.231. The molecule has 2 aromatic rings. The molecule has 7 heteroatoms. The molecule has 0 aliphatic heterocycles. The van der Waals surface area contributed by atoms with E-state index < -0.39 is 0 Å². The van der Waals surface area contributed by atoms with E-state index in [-0.39, 0.29) is 11.7 Å². The zero-order valence-corrected chi connectivity index (χ0v) is 13.8. The number of carbonyl (C=O) groups is 1. The third-order valence-electron chi connectivity index (χ3n) is 2.67. The molecule has 1 aromatic carbocycles. The number of nitrogens with one attached hydrogen (secondary N) is 1. The first-order valence-corrected chi connectivity index (χ1v) is 7.51. The van der Waals surface area contributed by atoms with Crippen LogP contribution in [-0.4, -0.2) is 25.0 Å². The number of hydrogen-bond donors (Lipinski definition) is 2. The Kier molecular flexibility index (Phi) is 4.29. The molecular formula is C13H15BrN4OS. The first-order valence-electron chi connectivity index (χ1n) is 5.90. The normalized spacial score (nSPS) is 10.4. The number of hydrogen-bond acceptors (Lipinski definition) is 5. The highest BCUT2D eigenvalue weighted by molar-refractivity contribution is 9.10. The van der Waals surface area contributed by atoms with E-state index in [1.54, 1.807) is 0 Å². The zero-order valence-electron chi connectivity index (χ0n) is 11.4. The number of aryl methyl sites for hydroxylation is 1. The van der Waals surface area contributed by atoms with E-state index in [0.29, 0.717) is 15.7 Å². The van der Waals surface area contributed by atoms with E-state index in [2.05, 4.69) is 26.2 Å². The lowest BCUT2D eigenvalue weighted by atomic mass is 10.2. The molecule has 5 nitrogen and oxygen atoms in total. The van der Waals surface area contributed by atoms with Gasteiger partial charge in [-0.1, -0.05) is 23.5 Å². The molecule has 0 aliphatic rings. The molecule has 1 amide bonds. The predicted molar refractivity (Wildman–Crippen MR) is 87.7 cm³/mol. The molecular weight excluding hydrogens is 340 g/mol. The van der Waals surface area contributed by atoms with Gasteiger partial charge >= 0.3 is 0 Å². The largest absolute Gasteiger partial charge is 0.382 e. The maximum Gasteiger partial charge on any atom is 0.269 e. The summed E-state index contributed by atoms with van der Waals surface area (Å²) in [5.74, 6) is -0.000578. The number of nitrogens with zero attached hydrogens (tertiary/aromatic N) is 2. The highest BCUT2D eigenvalue weighted by Crippen LogP contribution is 2.30. The number of amides is 1. The van der Waals surface area contributed by atoms with Crippen LogP contribution in [-0.2, 0) is 0 Å². The summed E-state index contributed by atoms with van der Waals surface area (Å²) in [5.41, 5.74) is 7.57. The molecule has 0 saturated heterocycles. The Hall–Kier alpha value is -1.60. The number of rotatable bonds is 3. The minimum Gasteiger partial charge on any atom is -0.382 e. The minimum absolute atomic E-state index is 0.250. The van der Waals surface area contributed by atoms with Gasteiger partial charge in [0.15, 0.2) is 5.13 Å². The van der Waals surface area contributed by atoms with E-state index in [1.807, 2.05) is 44.1 Å². The number of benzene rings is 1. The number of nitrogen functional groups attached to an aromatic ring is 1. The van der Waals surface area contributed by atoms with E-state index in [0.717, 1.165) is 10.0 Å². The first-order chi connectivity index (χ1) is 9.40. The van der Waals surface area contributed by atoms with Crippen LogP contribution in [0.3, 0.4) is 0 Å². The molecule has 0 saturated carbocycles. The van der Waals surface area contributed by atoms with Gasteiger partial charge in [-0.05, 0) is 34.5 Å². The van der Waals surface area contributed by atoms with Gasteiger partial charge in [0.05, 0.1) is 5.69 Å². The van der Waals surface area contributed by atoms with Crippen molar-refractivity contribution in [3.63, 3.8) is 0 Å². The van der Waals surface area contributed by atoms with Crippen LogP contribution in [0, 0.1) is 6.92 Å². The van der Waals surface area contributed by atoms with Gasteiger partial charge < -0.3 is 16.0 Å². The number of carbonyl (C=O) groups excluding carboxylic acids is 1. The lowest BCUT2D eigenvalue weighted by Crippen LogP contribution is -2.12. The van der Waals surface area contributed by atoms with Gasteiger partial charge in [-0.15, -0.1) is 0 Å². The number of nitrogens with two attached hydrogens (primary N) is 1. The molecule has 0 fully saturated rings. The Morgan fingerprint density at radius 1 is 1.45 bits per heavy atom. The Bertz CT molecular complexity index is 654. The molecule has 2 rings (SSSR count). The van der Waals surface area contributed by atoms with Crippen LogP contribution in [0.5, 0.6) is 0 Å². The van der Waals surface area contributed by atoms with Crippen LogP contribution in [0.1, 0.15) is 15.2 Å². The first kappa shape index (κ1) is 14.8. The van der Waals surface area contributed by atoms with Crippen molar-refractivity contribution in [3.05, 3.63) is 33.1 Å². The summed E-state index contributed by atoms with van der Waals surface area (Å²) in [4.78, 5) is 18.7. The van der Waals surface area contributed by atoms with E-state index in [9.17, 15) is 4.79 Å². The van der Waals surface area contributed by atoms with Gasteiger partial charge in [0, 0.05) is 18.6 Å². The second-order valence-electron chi connectivity index (χ2n) is 4.50. The molecule has 3 N–H and O–H groups in total. The van der Waals surface area contributed by atoms with Crippen LogP contribution in [0.2, 0.25) is 0 Å². The fourth-order valence-electron chi connectivity index (χ4n) is 1.60. The van der Waals surface area contributed by atoms with Crippen molar-refractivity contribution in [1.82, 2.24) is 4.98 Å². The van der Waals surface area contributed by atoms with E-state index >= 15 is 0 Å². The van der Waals surface area contributed by atoms with Gasteiger partial charge in [0.25, 0.3) is 5.91 Å². The van der Waals surface area contributed by atoms with E-state index in [4.69, 9.17) is 5.73 Å². The van der Waals surface area contributed by atoms with Crippen molar-refractivity contribution in [1.29, 1.82) is 0 Å². The van der Waals surface area contributed by atoms with Gasteiger partial charge in [-0.25, -0.2) is 4.98 Å². The summed E-state index contributed by atoms with van der Waals surface area (Å²) in [6.45, 7) is 1.96. The Labute approximate surface area is 129 Å². The number of halogens is 1. The van der Waals surface area contributed by atoms with Crippen LogP contribution >= 0.6 is 27.3 Å². The highest BCUT2D eigenvalue weighted by atomic mass is 79.9. The standard InChI is InChI=1S/C13H15BrN4OS/c1-7-5-4-6-8(9(7)14)16-12(19)10-11(15)17-13(20-10)18(2)3/h4-6H,15H2,1-3H3,(H,16,19). The molecule has 0 spiro atoms. The van der Waals surface area contributed by atoms with Crippen molar-refractivity contribution in [2.24, 2.45) is 0 Å². The Morgan fingerprint density at radius 2 is 2.15 bits per heavy atom. The van der Waals surface area contributed by atoms with Crippen LogP contribution < -0.4 is 16.0 Å². The smallest absolute Gasteiger partial charge is 0.269 e. The second kappa shape index (κ2) is 5.80. The highest BCUT2D eigenvalue weighted by Gasteiger charge is 2.18. The van der Waals surface area contributed by atoms with Gasteiger partial charge in [0.1, 0.15) is 10.7 Å². The maximum atomic E-state index is 12.3. The summed E-state index contributed by atoms with van der Waals surface area (Å²) in [7, 11) is 3.72. The van der Waals surface area contributed by atoms with Gasteiger partial charge in [0.2, 0.25) is 0 Å². The SMILES string of the molecule is Cc1cccc(NC(=O)c2sc(N(C)C)nc2N)c1Br. The lowest BCUT2D eigenvalue weighted by molar-refractivity contribution is 0.103. The molecule has 0 radical (unpaired) electrons. The molecule has 0 atom stereocenters. The van der Waals surface area contributed by atoms with Crippen molar-refractivity contribution in [2.45, 2.75) is 6.92 Å².